The fraction of sp³-hybridized carbons (Fsp3) is 0.690. The van der Waals surface area contributed by atoms with Gasteiger partial charge in [-0.05, 0) is 105 Å². The van der Waals surface area contributed by atoms with E-state index in [1.54, 1.807) is 12.7 Å². The minimum atomic E-state index is 0.243. The van der Waals surface area contributed by atoms with Crippen molar-refractivity contribution < 1.29 is 14.3 Å². The molecule has 0 amide bonds. The van der Waals surface area contributed by atoms with E-state index in [9.17, 15) is 4.79 Å². The quantitative estimate of drug-likeness (QED) is 0.479. The van der Waals surface area contributed by atoms with Crippen LogP contribution >= 0.6 is 0 Å². The first-order valence-corrected chi connectivity index (χ1v) is 12.8. The van der Waals surface area contributed by atoms with Gasteiger partial charge in [-0.3, -0.25) is 4.79 Å². The molecule has 0 heterocycles. The van der Waals surface area contributed by atoms with E-state index in [1.807, 2.05) is 19.1 Å². The average Bonchev–Trinajstić information content (AvgIpc) is 3.15. The Balaban J connectivity index is 1.27. The first-order chi connectivity index (χ1) is 15.3. The van der Waals surface area contributed by atoms with Crippen LogP contribution in [0.15, 0.2) is 35.9 Å². The summed E-state index contributed by atoms with van der Waals surface area (Å²) in [4.78, 5) is 12.4. The van der Waals surface area contributed by atoms with Crippen LogP contribution in [0.25, 0.3) is 0 Å². The van der Waals surface area contributed by atoms with Crippen molar-refractivity contribution in [2.24, 2.45) is 34.5 Å². The Kier molecular flexibility index (Phi) is 5.76. The molecule has 174 valence electrons. The molecule has 5 rings (SSSR count). The summed E-state index contributed by atoms with van der Waals surface area (Å²) in [5, 5.41) is 0. The number of ketones is 1. The molecule has 0 aliphatic heterocycles. The van der Waals surface area contributed by atoms with Crippen molar-refractivity contribution in [3.05, 3.63) is 41.5 Å². The Labute approximate surface area is 194 Å². The third-order valence-corrected chi connectivity index (χ3v) is 10.2. The summed E-state index contributed by atoms with van der Waals surface area (Å²) in [5.41, 5.74) is 3.45. The summed E-state index contributed by atoms with van der Waals surface area (Å²) < 4.78 is 11.6. The Morgan fingerprint density at radius 2 is 1.81 bits per heavy atom. The molecule has 0 N–H and O–H groups in total. The van der Waals surface area contributed by atoms with Gasteiger partial charge in [0.1, 0.15) is 11.5 Å². The second-order valence-electron chi connectivity index (χ2n) is 11.6. The second-order valence-corrected chi connectivity index (χ2v) is 11.6. The highest BCUT2D eigenvalue weighted by atomic mass is 16.5. The molecule has 4 aliphatic carbocycles. The van der Waals surface area contributed by atoms with Crippen LogP contribution in [0.5, 0.6) is 5.75 Å². The van der Waals surface area contributed by atoms with Crippen LogP contribution in [-0.4, -0.2) is 19.0 Å². The number of hydrogen-bond donors (Lipinski definition) is 0. The number of Topliss-reactive ketones (excluding diaryl/α,β-unsaturated/α-hetero) is 1. The van der Waals surface area contributed by atoms with Crippen molar-refractivity contribution in [2.75, 3.05) is 7.11 Å². The van der Waals surface area contributed by atoms with Crippen molar-refractivity contribution in [1.82, 2.24) is 0 Å². The van der Waals surface area contributed by atoms with Gasteiger partial charge in [-0.15, -0.1) is 0 Å². The van der Waals surface area contributed by atoms with Gasteiger partial charge in [0.05, 0.1) is 19.8 Å². The standard InChI is InChI=1S/C29H40O3/c1-19(30)25-11-12-26-24-10-7-21-17-23(32-18-20-5-8-22(31-4)9-6-20)13-15-28(21,2)27(24)14-16-29(25,26)3/h5-9,23-27H,10-18H2,1-4H3/t23-,24-,25+,26-,27-,28-,29+/m0/s1. The minimum Gasteiger partial charge on any atom is -0.497 e. The normalized spacial score (nSPS) is 40.6. The predicted octanol–water partition coefficient (Wildman–Crippen LogP) is 6.75. The summed E-state index contributed by atoms with van der Waals surface area (Å²) >= 11 is 0. The molecule has 0 radical (unpaired) electrons. The van der Waals surface area contributed by atoms with Gasteiger partial charge in [0.2, 0.25) is 0 Å². The highest BCUT2D eigenvalue weighted by Gasteiger charge is 2.59. The lowest BCUT2D eigenvalue weighted by Gasteiger charge is -2.58. The van der Waals surface area contributed by atoms with Gasteiger partial charge in [-0.25, -0.2) is 0 Å². The highest BCUT2D eigenvalue weighted by molar-refractivity contribution is 5.79. The number of fused-ring (bicyclic) bond motifs is 5. The summed E-state index contributed by atoms with van der Waals surface area (Å²) in [7, 11) is 1.70. The second kappa shape index (κ2) is 8.31. The maximum absolute atomic E-state index is 12.4. The molecular formula is C29H40O3. The molecule has 4 aliphatic rings. The molecule has 0 saturated heterocycles. The Morgan fingerprint density at radius 3 is 2.53 bits per heavy atom. The molecule has 0 spiro atoms. The number of carbonyl (C=O) groups is 1. The summed E-state index contributed by atoms with van der Waals surface area (Å²) in [6.45, 7) is 7.50. The largest absolute Gasteiger partial charge is 0.497 e. The average molecular weight is 437 g/mol. The van der Waals surface area contributed by atoms with Crippen LogP contribution in [0.4, 0.5) is 0 Å². The molecule has 0 bridgehead atoms. The highest BCUT2D eigenvalue weighted by Crippen LogP contribution is 2.66. The van der Waals surface area contributed by atoms with Gasteiger partial charge in [0.25, 0.3) is 0 Å². The van der Waals surface area contributed by atoms with Crippen molar-refractivity contribution in [3.63, 3.8) is 0 Å². The molecule has 7 atom stereocenters. The third-order valence-electron chi connectivity index (χ3n) is 10.2. The third kappa shape index (κ3) is 3.56. The molecule has 3 heteroatoms. The van der Waals surface area contributed by atoms with Crippen LogP contribution in [0.1, 0.15) is 77.7 Å². The number of ether oxygens (including phenoxy) is 2. The van der Waals surface area contributed by atoms with Crippen molar-refractivity contribution in [3.8, 4) is 5.75 Å². The maximum Gasteiger partial charge on any atom is 0.133 e. The van der Waals surface area contributed by atoms with E-state index in [2.05, 4.69) is 32.1 Å². The van der Waals surface area contributed by atoms with Crippen molar-refractivity contribution in [2.45, 2.75) is 84.8 Å². The number of benzene rings is 1. The van der Waals surface area contributed by atoms with Crippen LogP contribution in [0, 0.1) is 34.5 Å². The van der Waals surface area contributed by atoms with Gasteiger partial charge >= 0.3 is 0 Å². The summed E-state index contributed by atoms with van der Waals surface area (Å²) in [6.07, 6.45) is 12.5. The van der Waals surface area contributed by atoms with E-state index in [0.29, 0.717) is 29.8 Å². The number of rotatable bonds is 5. The first-order valence-electron chi connectivity index (χ1n) is 12.8. The van der Waals surface area contributed by atoms with E-state index >= 15 is 0 Å². The van der Waals surface area contributed by atoms with Crippen LogP contribution in [0.2, 0.25) is 0 Å². The van der Waals surface area contributed by atoms with E-state index in [4.69, 9.17) is 9.47 Å². The molecule has 0 aromatic heterocycles. The van der Waals surface area contributed by atoms with E-state index in [-0.39, 0.29) is 5.41 Å². The van der Waals surface area contributed by atoms with Gasteiger partial charge in [0, 0.05) is 5.92 Å². The molecule has 1 aromatic rings. The van der Waals surface area contributed by atoms with E-state index in [0.717, 1.165) is 42.8 Å². The predicted molar refractivity (Wildman–Crippen MR) is 127 cm³/mol. The molecule has 3 fully saturated rings. The Bertz CT molecular complexity index is 886. The zero-order valence-corrected chi connectivity index (χ0v) is 20.4. The molecule has 0 unspecified atom stereocenters. The lowest BCUT2D eigenvalue weighted by Crippen LogP contribution is -2.51. The lowest BCUT2D eigenvalue weighted by molar-refractivity contribution is -0.127. The smallest absolute Gasteiger partial charge is 0.133 e. The summed E-state index contributed by atoms with van der Waals surface area (Å²) in [5.74, 6) is 3.91. The zero-order chi connectivity index (χ0) is 22.5. The fourth-order valence-corrected chi connectivity index (χ4v) is 8.37. The monoisotopic (exact) mass is 436 g/mol. The number of methoxy groups -OCH3 is 1. The summed E-state index contributed by atoms with van der Waals surface area (Å²) in [6, 6.07) is 8.23. The zero-order valence-electron chi connectivity index (χ0n) is 20.4. The van der Waals surface area contributed by atoms with Crippen LogP contribution < -0.4 is 4.74 Å². The van der Waals surface area contributed by atoms with Gasteiger partial charge in [-0.1, -0.05) is 37.6 Å². The first kappa shape index (κ1) is 22.2. The molecule has 1 aromatic carbocycles. The van der Waals surface area contributed by atoms with Gasteiger partial charge in [0.15, 0.2) is 0 Å². The molecule has 3 nitrogen and oxygen atoms in total. The molecule has 3 saturated carbocycles. The van der Waals surface area contributed by atoms with Crippen molar-refractivity contribution >= 4 is 5.78 Å². The Hall–Kier alpha value is -1.61. The molecular weight excluding hydrogens is 396 g/mol. The topological polar surface area (TPSA) is 35.5 Å². The van der Waals surface area contributed by atoms with Crippen molar-refractivity contribution in [1.29, 1.82) is 0 Å². The number of allylic oxidation sites excluding steroid dienone is 1. The maximum atomic E-state index is 12.4. The Morgan fingerprint density at radius 1 is 1.03 bits per heavy atom. The number of hydrogen-bond acceptors (Lipinski definition) is 3. The van der Waals surface area contributed by atoms with Gasteiger partial charge < -0.3 is 9.47 Å². The van der Waals surface area contributed by atoms with Crippen LogP contribution in [0.3, 0.4) is 0 Å². The number of carbonyl (C=O) groups excluding carboxylic acids is 1. The molecule has 32 heavy (non-hydrogen) atoms. The SMILES string of the molecule is COc1ccc(CO[C@H]2CC[C@@]3(C)C(=CC[C@H]4[C@@H]5CC[C@H](C(C)=O)[C@@]5(C)CC[C@@H]43)C2)cc1. The van der Waals surface area contributed by atoms with E-state index in [1.165, 1.54) is 37.7 Å². The van der Waals surface area contributed by atoms with E-state index < -0.39 is 0 Å². The minimum absolute atomic E-state index is 0.243. The van der Waals surface area contributed by atoms with Crippen LogP contribution in [-0.2, 0) is 16.1 Å². The van der Waals surface area contributed by atoms with Gasteiger partial charge in [-0.2, -0.15) is 0 Å². The lowest BCUT2D eigenvalue weighted by atomic mass is 9.47. The fourth-order valence-electron chi connectivity index (χ4n) is 8.37.